The third kappa shape index (κ3) is 3.44. The second-order valence-corrected chi connectivity index (χ2v) is 5.36. The summed E-state index contributed by atoms with van der Waals surface area (Å²) in [6, 6.07) is 12.9. The molecule has 0 heterocycles. The number of hydrogen-bond donors (Lipinski definition) is 0. The number of benzene rings is 2. The summed E-state index contributed by atoms with van der Waals surface area (Å²) >= 11 is 9.16. The molecule has 2 aromatic rings. The summed E-state index contributed by atoms with van der Waals surface area (Å²) in [5, 5.41) is 9.85. The molecule has 0 N–H and O–H groups in total. The maximum atomic E-state index is 9.17. The normalized spacial score (nSPS) is 9.90. The lowest BCUT2D eigenvalue weighted by Gasteiger charge is -2.12. The van der Waals surface area contributed by atoms with E-state index in [9.17, 15) is 5.26 Å². The van der Waals surface area contributed by atoms with E-state index >= 15 is 0 Å². The van der Waals surface area contributed by atoms with Crippen LogP contribution < -0.4 is 9.47 Å². The lowest BCUT2D eigenvalue weighted by molar-refractivity contribution is 0.283. The fourth-order valence-electron chi connectivity index (χ4n) is 1.69. The summed E-state index contributed by atoms with van der Waals surface area (Å²) in [5.41, 5.74) is 1.38. The van der Waals surface area contributed by atoms with Crippen LogP contribution in [0.4, 0.5) is 0 Å². The largest absolute Gasteiger partial charge is 0.493 e. The number of ether oxygens (including phenoxy) is 2. The van der Waals surface area contributed by atoms with Gasteiger partial charge in [-0.25, -0.2) is 0 Å². The molecule has 0 aliphatic carbocycles. The Morgan fingerprint density at radius 3 is 2.55 bits per heavy atom. The fourth-order valence-corrected chi connectivity index (χ4v) is 2.25. The van der Waals surface area contributed by atoms with Gasteiger partial charge in [0.2, 0.25) is 0 Å². The van der Waals surface area contributed by atoms with Crippen molar-refractivity contribution in [3.8, 4) is 17.6 Å². The number of nitriles is 1. The first kappa shape index (κ1) is 14.7. The molecule has 0 aromatic heterocycles. The molecule has 3 nitrogen and oxygen atoms in total. The van der Waals surface area contributed by atoms with Crippen LogP contribution >= 0.6 is 27.5 Å². The maximum absolute atomic E-state index is 9.17. The van der Waals surface area contributed by atoms with Crippen molar-refractivity contribution in [2.45, 2.75) is 6.61 Å². The van der Waals surface area contributed by atoms with Crippen molar-refractivity contribution < 1.29 is 9.47 Å². The van der Waals surface area contributed by atoms with Gasteiger partial charge >= 0.3 is 0 Å². The first-order chi connectivity index (χ1) is 9.63. The third-order valence-electron chi connectivity index (χ3n) is 2.66. The van der Waals surface area contributed by atoms with E-state index in [-0.39, 0.29) is 0 Å². The first-order valence-corrected chi connectivity index (χ1v) is 6.96. The van der Waals surface area contributed by atoms with E-state index in [0.717, 1.165) is 10.0 Å². The van der Waals surface area contributed by atoms with Gasteiger partial charge in [-0.05, 0) is 29.8 Å². The van der Waals surface area contributed by atoms with Crippen LogP contribution in [0, 0.1) is 11.3 Å². The van der Waals surface area contributed by atoms with Crippen LogP contribution in [0.5, 0.6) is 11.5 Å². The van der Waals surface area contributed by atoms with E-state index in [4.69, 9.17) is 21.1 Å². The summed E-state index contributed by atoms with van der Waals surface area (Å²) in [6.07, 6.45) is 0. The lowest BCUT2D eigenvalue weighted by atomic mass is 10.2. The molecule has 0 saturated heterocycles. The molecule has 20 heavy (non-hydrogen) atoms. The predicted molar refractivity (Wildman–Crippen MR) is 81.2 cm³/mol. The van der Waals surface area contributed by atoms with Crippen LogP contribution in [-0.2, 0) is 6.61 Å². The number of halogens is 2. The Balaban J connectivity index is 2.24. The van der Waals surface area contributed by atoms with Crippen LogP contribution in [0.25, 0.3) is 0 Å². The number of rotatable bonds is 4. The second kappa shape index (κ2) is 6.65. The van der Waals surface area contributed by atoms with Crippen molar-refractivity contribution >= 4 is 27.5 Å². The average Bonchev–Trinajstić information content (AvgIpc) is 2.46. The zero-order valence-corrected chi connectivity index (χ0v) is 13.0. The molecular formula is C15H11BrClNO2. The molecule has 0 aliphatic heterocycles. The Kier molecular flexibility index (Phi) is 4.89. The topological polar surface area (TPSA) is 42.2 Å². The quantitative estimate of drug-likeness (QED) is 0.810. The van der Waals surface area contributed by atoms with Crippen LogP contribution in [0.15, 0.2) is 40.9 Å². The number of hydrogen-bond acceptors (Lipinski definition) is 3. The Morgan fingerprint density at radius 1 is 1.25 bits per heavy atom. The van der Waals surface area contributed by atoms with Gasteiger partial charge in [0.1, 0.15) is 12.7 Å². The van der Waals surface area contributed by atoms with Crippen molar-refractivity contribution in [3.63, 3.8) is 0 Å². The second-order valence-electron chi connectivity index (χ2n) is 4.01. The van der Waals surface area contributed by atoms with E-state index in [0.29, 0.717) is 28.7 Å². The first-order valence-electron chi connectivity index (χ1n) is 5.79. The van der Waals surface area contributed by atoms with Crippen LogP contribution in [-0.4, -0.2) is 7.11 Å². The zero-order valence-electron chi connectivity index (χ0n) is 10.7. The molecule has 0 spiro atoms. The van der Waals surface area contributed by atoms with Gasteiger partial charge in [0.25, 0.3) is 0 Å². The molecule has 0 fully saturated rings. The number of methoxy groups -OCH3 is 1. The fraction of sp³-hybridized carbons (Fsp3) is 0.133. The molecule has 0 unspecified atom stereocenters. The van der Waals surface area contributed by atoms with E-state index in [1.54, 1.807) is 24.3 Å². The van der Waals surface area contributed by atoms with Crippen LogP contribution in [0.3, 0.4) is 0 Å². The Labute approximate surface area is 130 Å². The zero-order chi connectivity index (χ0) is 14.5. The minimum absolute atomic E-state index is 0.337. The highest BCUT2D eigenvalue weighted by Crippen LogP contribution is 2.35. The SMILES string of the molecule is COc1cc(Br)cc(C#N)c1OCc1ccc(Cl)cc1. The van der Waals surface area contributed by atoms with E-state index in [1.807, 2.05) is 12.1 Å². The smallest absolute Gasteiger partial charge is 0.179 e. The summed E-state index contributed by atoms with van der Waals surface area (Å²) in [5.74, 6) is 0.957. The van der Waals surface area contributed by atoms with Gasteiger partial charge in [0.15, 0.2) is 11.5 Å². The van der Waals surface area contributed by atoms with Crippen molar-refractivity contribution in [1.82, 2.24) is 0 Å². The molecule has 0 radical (unpaired) electrons. The Bertz CT molecular complexity index is 650. The highest BCUT2D eigenvalue weighted by Gasteiger charge is 2.12. The van der Waals surface area contributed by atoms with Crippen LogP contribution in [0.1, 0.15) is 11.1 Å². The molecule has 2 aromatic carbocycles. The standard InChI is InChI=1S/C15H11BrClNO2/c1-19-14-7-12(16)6-11(8-18)15(14)20-9-10-2-4-13(17)5-3-10/h2-7H,9H2,1H3. The Morgan fingerprint density at radius 2 is 1.95 bits per heavy atom. The molecule has 0 saturated carbocycles. The minimum Gasteiger partial charge on any atom is -0.493 e. The predicted octanol–water partition coefficient (Wildman–Crippen LogP) is 4.56. The number of nitrogens with zero attached hydrogens (tertiary/aromatic N) is 1. The van der Waals surface area contributed by atoms with Gasteiger partial charge in [0.05, 0.1) is 12.7 Å². The van der Waals surface area contributed by atoms with E-state index in [2.05, 4.69) is 22.0 Å². The van der Waals surface area contributed by atoms with Gasteiger partial charge in [0, 0.05) is 9.50 Å². The third-order valence-corrected chi connectivity index (χ3v) is 3.37. The molecule has 2 rings (SSSR count). The van der Waals surface area contributed by atoms with Crippen molar-refractivity contribution in [3.05, 3.63) is 57.0 Å². The summed E-state index contributed by atoms with van der Waals surface area (Å²) < 4.78 is 11.7. The lowest BCUT2D eigenvalue weighted by Crippen LogP contribution is -2.00. The van der Waals surface area contributed by atoms with Crippen molar-refractivity contribution in [2.24, 2.45) is 0 Å². The molecule has 102 valence electrons. The van der Waals surface area contributed by atoms with E-state index < -0.39 is 0 Å². The van der Waals surface area contributed by atoms with E-state index in [1.165, 1.54) is 7.11 Å². The average molecular weight is 353 g/mol. The maximum Gasteiger partial charge on any atom is 0.179 e. The van der Waals surface area contributed by atoms with Gasteiger partial charge in [-0.1, -0.05) is 39.7 Å². The van der Waals surface area contributed by atoms with Gasteiger partial charge < -0.3 is 9.47 Å². The summed E-state index contributed by atoms with van der Waals surface area (Å²) in [4.78, 5) is 0. The summed E-state index contributed by atoms with van der Waals surface area (Å²) in [6.45, 7) is 0.337. The molecule has 0 atom stereocenters. The van der Waals surface area contributed by atoms with Crippen molar-refractivity contribution in [2.75, 3.05) is 7.11 Å². The monoisotopic (exact) mass is 351 g/mol. The van der Waals surface area contributed by atoms with Gasteiger partial charge in [-0.3, -0.25) is 0 Å². The highest BCUT2D eigenvalue weighted by molar-refractivity contribution is 9.10. The minimum atomic E-state index is 0.337. The van der Waals surface area contributed by atoms with Crippen LogP contribution in [0.2, 0.25) is 5.02 Å². The molecule has 0 aliphatic rings. The highest BCUT2D eigenvalue weighted by atomic mass is 79.9. The molecule has 5 heteroatoms. The molecule has 0 bridgehead atoms. The molecular weight excluding hydrogens is 342 g/mol. The summed E-state index contributed by atoms with van der Waals surface area (Å²) in [7, 11) is 1.54. The van der Waals surface area contributed by atoms with Gasteiger partial charge in [-0.2, -0.15) is 5.26 Å². The van der Waals surface area contributed by atoms with Crippen molar-refractivity contribution in [1.29, 1.82) is 5.26 Å². The van der Waals surface area contributed by atoms with Gasteiger partial charge in [-0.15, -0.1) is 0 Å². The Hall–Kier alpha value is -1.70. The molecule has 0 amide bonds.